The topological polar surface area (TPSA) is 35.5 Å². The van der Waals surface area contributed by atoms with Gasteiger partial charge in [-0.25, -0.2) is 13.6 Å². The molecule has 112 valence electrons. The van der Waals surface area contributed by atoms with Crippen LogP contribution in [0.1, 0.15) is 6.92 Å². The molecule has 0 amide bonds. The molecule has 5 heteroatoms. The molecule has 3 nitrogen and oxygen atoms in total. The molecular formula is C17H12F2O3. The molecule has 0 spiro atoms. The minimum atomic E-state index is -0.912. The van der Waals surface area contributed by atoms with Crippen LogP contribution in [0.25, 0.3) is 21.5 Å². The van der Waals surface area contributed by atoms with Gasteiger partial charge in [-0.05, 0) is 48.0 Å². The van der Waals surface area contributed by atoms with Crippen molar-refractivity contribution in [2.75, 3.05) is 6.61 Å². The zero-order chi connectivity index (χ0) is 15.7. The van der Waals surface area contributed by atoms with E-state index in [1.165, 1.54) is 24.3 Å². The fourth-order valence-corrected chi connectivity index (χ4v) is 2.36. The minimum absolute atomic E-state index is 0.0879. The van der Waals surface area contributed by atoms with Gasteiger partial charge in [0.1, 0.15) is 17.4 Å². The summed E-state index contributed by atoms with van der Waals surface area (Å²) in [5.74, 6) is -0.862. The summed E-state index contributed by atoms with van der Waals surface area (Å²) in [6.07, 6.45) is -0.912. The Bertz CT molecular complexity index is 815. The van der Waals surface area contributed by atoms with E-state index in [4.69, 9.17) is 9.47 Å². The van der Waals surface area contributed by atoms with Crippen LogP contribution in [0.3, 0.4) is 0 Å². The highest BCUT2D eigenvalue weighted by molar-refractivity contribution is 6.06. The van der Waals surface area contributed by atoms with Gasteiger partial charge in [0, 0.05) is 10.8 Å². The van der Waals surface area contributed by atoms with Crippen molar-refractivity contribution in [1.82, 2.24) is 0 Å². The van der Waals surface area contributed by atoms with Gasteiger partial charge in [-0.15, -0.1) is 0 Å². The van der Waals surface area contributed by atoms with Crippen molar-refractivity contribution < 1.29 is 23.0 Å². The zero-order valence-electron chi connectivity index (χ0n) is 11.7. The Kier molecular flexibility index (Phi) is 3.63. The van der Waals surface area contributed by atoms with Gasteiger partial charge in [0.15, 0.2) is 0 Å². The highest BCUT2D eigenvalue weighted by Gasteiger charge is 2.15. The summed E-state index contributed by atoms with van der Waals surface area (Å²) >= 11 is 0. The smallest absolute Gasteiger partial charge is 0.434 e. The van der Waals surface area contributed by atoms with Crippen LogP contribution in [-0.4, -0.2) is 12.8 Å². The highest BCUT2D eigenvalue weighted by atomic mass is 19.1. The third-order valence-corrected chi connectivity index (χ3v) is 3.28. The van der Waals surface area contributed by atoms with Crippen molar-refractivity contribution >= 4 is 27.7 Å². The standard InChI is InChI=1S/C17H12F2O3/c1-2-21-17(20)22-16-14-8-12(18)5-3-10(14)7-11-4-6-13(19)9-15(11)16/h3-9H,2H2,1H3. The Morgan fingerprint density at radius 1 is 0.955 bits per heavy atom. The third kappa shape index (κ3) is 2.57. The van der Waals surface area contributed by atoms with Crippen LogP contribution in [0.15, 0.2) is 42.5 Å². The number of benzene rings is 3. The molecule has 0 aliphatic carbocycles. The first-order chi connectivity index (χ1) is 10.6. The van der Waals surface area contributed by atoms with Gasteiger partial charge in [-0.2, -0.15) is 0 Å². The molecule has 0 radical (unpaired) electrons. The van der Waals surface area contributed by atoms with E-state index in [-0.39, 0.29) is 12.4 Å². The lowest BCUT2D eigenvalue weighted by molar-refractivity contribution is 0.105. The number of carbonyl (C=O) groups excluding carboxylic acids is 1. The number of fused-ring (bicyclic) bond motifs is 2. The second kappa shape index (κ2) is 5.60. The Hall–Kier alpha value is -2.69. The maximum absolute atomic E-state index is 13.5. The summed E-state index contributed by atoms with van der Waals surface area (Å²) in [5.41, 5.74) is 0. The first-order valence-corrected chi connectivity index (χ1v) is 6.74. The van der Waals surface area contributed by atoms with Crippen LogP contribution in [0, 0.1) is 11.6 Å². The Morgan fingerprint density at radius 3 is 2.00 bits per heavy atom. The van der Waals surface area contributed by atoms with Crippen LogP contribution in [-0.2, 0) is 4.74 Å². The van der Waals surface area contributed by atoms with Crippen LogP contribution in [0.4, 0.5) is 13.6 Å². The van der Waals surface area contributed by atoms with E-state index in [1.54, 1.807) is 25.1 Å². The SMILES string of the molecule is CCOC(=O)Oc1c2cc(F)ccc2cc2ccc(F)cc12. The number of hydrogen-bond donors (Lipinski definition) is 0. The minimum Gasteiger partial charge on any atom is -0.434 e. The summed E-state index contributed by atoms with van der Waals surface area (Å²) in [7, 11) is 0. The van der Waals surface area contributed by atoms with Crippen molar-refractivity contribution in [2.45, 2.75) is 6.92 Å². The summed E-state index contributed by atoms with van der Waals surface area (Å²) in [4.78, 5) is 11.6. The average molecular weight is 302 g/mol. The van der Waals surface area contributed by atoms with Crippen LogP contribution in [0.2, 0.25) is 0 Å². The largest absolute Gasteiger partial charge is 0.513 e. The number of carbonyl (C=O) groups is 1. The molecule has 22 heavy (non-hydrogen) atoms. The fourth-order valence-electron chi connectivity index (χ4n) is 2.36. The molecule has 3 aromatic carbocycles. The number of ether oxygens (including phenoxy) is 2. The van der Waals surface area contributed by atoms with E-state index in [0.29, 0.717) is 21.5 Å². The van der Waals surface area contributed by atoms with Crippen molar-refractivity contribution in [3.8, 4) is 5.75 Å². The summed E-state index contributed by atoms with van der Waals surface area (Å²) < 4.78 is 37.0. The lowest BCUT2D eigenvalue weighted by Gasteiger charge is -2.11. The van der Waals surface area contributed by atoms with Crippen LogP contribution < -0.4 is 4.74 Å². The summed E-state index contributed by atoms with van der Waals surface area (Å²) in [6.45, 7) is 1.78. The van der Waals surface area contributed by atoms with Crippen LogP contribution >= 0.6 is 0 Å². The maximum Gasteiger partial charge on any atom is 0.513 e. The van der Waals surface area contributed by atoms with Crippen molar-refractivity contribution in [1.29, 1.82) is 0 Å². The third-order valence-electron chi connectivity index (χ3n) is 3.28. The molecule has 0 aliphatic rings. The first-order valence-electron chi connectivity index (χ1n) is 6.74. The van der Waals surface area contributed by atoms with E-state index < -0.39 is 17.8 Å². The average Bonchev–Trinajstić information content (AvgIpc) is 2.48. The molecule has 0 fully saturated rings. The Morgan fingerprint density at radius 2 is 1.50 bits per heavy atom. The van der Waals surface area contributed by atoms with Gasteiger partial charge in [0.05, 0.1) is 6.61 Å². The molecule has 0 N–H and O–H groups in total. The summed E-state index contributed by atoms with van der Waals surface area (Å²) in [6, 6.07) is 10.0. The molecule has 3 aromatic rings. The molecule has 0 bridgehead atoms. The summed E-state index contributed by atoms with van der Waals surface area (Å²) in [5, 5.41) is 2.12. The fraction of sp³-hybridized carbons (Fsp3) is 0.118. The van der Waals surface area contributed by atoms with Crippen molar-refractivity contribution in [2.24, 2.45) is 0 Å². The van der Waals surface area contributed by atoms with Gasteiger partial charge in [0.25, 0.3) is 0 Å². The van der Waals surface area contributed by atoms with Crippen molar-refractivity contribution in [3.05, 3.63) is 54.1 Å². The van der Waals surface area contributed by atoms with Crippen molar-refractivity contribution in [3.63, 3.8) is 0 Å². The molecule has 0 unspecified atom stereocenters. The number of rotatable bonds is 2. The molecule has 3 rings (SSSR count). The van der Waals surface area contributed by atoms with E-state index in [0.717, 1.165) is 0 Å². The Balaban J connectivity index is 2.31. The van der Waals surface area contributed by atoms with Gasteiger partial charge in [0.2, 0.25) is 0 Å². The van der Waals surface area contributed by atoms with E-state index in [2.05, 4.69) is 0 Å². The molecule has 0 saturated carbocycles. The lowest BCUT2D eigenvalue weighted by atomic mass is 10.0. The molecular weight excluding hydrogens is 290 g/mol. The molecule has 0 saturated heterocycles. The van der Waals surface area contributed by atoms with Crippen LogP contribution in [0.5, 0.6) is 5.75 Å². The van der Waals surface area contributed by atoms with Gasteiger partial charge < -0.3 is 9.47 Å². The van der Waals surface area contributed by atoms with E-state index in [1.807, 2.05) is 0 Å². The maximum atomic E-state index is 13.5. The van der Waals surface area contributed by atoms with Gasteiger partial charge >= 0.3 is 6.16 Å². The quantitative estimate of drug-likeness (QED) is 0.387. The van der Waals surface area contributed by atoms with E-state index >= 15 is 0 Å². The number of hydrogen-bond acceptors (Lipinski definition) is 3. The predicted octanol–water partition coefficient (Wildman–Crippen LogP) is 4.81. The lowest BCUT2D eigenvalue weighted by Crippen LogP contribution is -2.10. The normalized spacial score (nSPS) is 10.9. The molecule has 0 aromatic heterocycles. The number of halogens is 2. The highest BCUT2D eigenvalue weighted by Crippen LogP contribution is 2.36. The molecule has 0 atom stereocenters. The predicted molar refractivity (Wildman–Crippen MR) is 79.0 cm³/mol. The zero-order valence-corrected chi connectivity index (χ0v) is 11.7. The molecule has 0 heterocycles. The second-order valence-electron chi connectivity index (χ2n) is 4.72. The first kappa shape index (κ1) is 14.3. The molecule has 0 aliphatic heterocycles. The Labute approximate surface area is 125 Å². The van der Waals surface area contributed by atoms with Gasteiger partial charge in [-0.3, -0.25) is 0 Å². The van der Waals surface area contributed by atoms with E-state index in [9.17, 15) is 13.6 Å². The monoisotopic (exact) mass is 302 g/mol. The van der Waals surface area contributed by atoms with Gasteiger partial charge in [-0.1, -0.05) is 12.1 Å². The second-order valence-corrected chi connectivity index (χ2v) is 4.72.